The Balaban J connectivity index is 0. The fourth-order valence-corrected chi connectivity index (χ4v) is 1.21. The van der Waals surface area contributed by atoms with Crippen LogP contribution in [-0.4, -0.2) is 25.2 Å². The van der Waals surface area contributed by atoms with Crippen LogP contribution in [0.25, 0.3) is 0 Å². The van der Waals surface area contributed by atoms with Crippen molar-refractivity contribution in [3.63, 3.8) is 0 Å². The zero-order chi connectivity index (χ0) is 15.6. The summed E-state index contributed by atoms with van der Waals surface area (Å²) in [6.45, 7) is 9.29. The van der Waals surface area contributed by atoms with Crippen LogP contribution in [0.1, 0.15) is 79.1 Å². The zero-order valence-corrected chi connectivity index (χ0v) is 13.7. The molecule has 0 aromatic rings. The van der Waals surface area contributed by atoms with Gasteiger partial charge in [-0.1, -0.05) is 40.5 Å². The van der Waals surface area contributed by atoms with Gasteiger partial charge in [-0.2, -0.15) is 0 Å². The van der Waals surface area contributed by atoms with Gasteiger partial charge in [-0.05, 0) is 25.7 Å². The molecule has 0 N–H and O–H groups in total. The van der Waals surface area contributed by atoms with Gasteiger partial charge >= 0.3 is 11.9 Å². The highest BCUT2D eigenvalue weighted by Crippen LogP contribution is 1.94. The summed E-state index contributed by atoms with van der Waals surface area (Å²) in [5.41, 5.74) is 0. The van der Waals surface area contributed by atoms with E-state index in [1.165, 1.54) is 0 Å². The smallest absolute Gasteiger partial charge is 0.305 e. The normalized spacial score (nSPS) is 9.40. The van der Waals surface area contributed by atoms with Gasteiger partial charge in [0.1, 0.15) is 0 Å². The maximum absolute atomic E-state index is 10.7. The SMILES string of the molecule is CCCCOC(=O)CCC.CCCCOC(=O)CCC. The van der Waals surface area contributed by atoms with Gasteiger partial charge in [0.2, 0.25) is 0 Å². The van der Waals surface area contributed by atoms with Crippen molar-refractivity contribution in [2.75, 3.05) is 13.2 Å². The van der Waals surface area contributed by atoms with E-state index in [1.54, 1.807) is 0 Å². The molecule has 0 amide bonds. The van der Waals surface area contributed by atoms with Crippen molar-refractivity contribution in [3.8, 4) is 0 Å². The average Bonchev–Trinajstić information content (AvgIpc) is 2.41. The Morgan fingerprint density at radius 2 is 1.00 bits per heavy atom. The van der Waals surface area contributed by atoms with Gasteiger partial charge < -0.3 is 9.47 Å². The molecule has 0 aromatic heterocycles. The first-order valence-electron chi connectivity index (χ1n) is 7.93. The van der Waals surface area contributed by atoms with Crippen molar-refractivity contribution in [1.82, 2.24) is 0 Å². The number of hydrogen-bond acceptors (Lipinski definition) is 4. The van der Waals surface area contributed by atoms with Crippen LogP contribution in [0, 0.1) is 0 Å². The molecule has 0 aliphatic carbocycles. The highest BCUT2D eigenvalue weighted by molar-refractivity contribution is 5.69. The number of carbonyl (C=O) groups is 2. The van der Waals surface area contributed by atoms with E-state index in [0.717, 1.165) is 38.5 Å². The molecule has 0 saturated heterocycles. The predicted octanol–water partition coefficient (Wildman–Crippen LogP) is 4.26. The molecular formula is C16H32O4. The lowest BCUT2D eigenvalue weighted by molar-refractivity contribution is -0.144. The maximum atomic E-state index is 10.7. The molecule has 0 atom stereocenters. The second-order valence-electron chi connectivity index (χ2n) is 4.65. The molecule has 0 aliphatic rings. The highest BCUT2D eigenvalue weighted by Gasteiger charge is 1.98. The van der Waals surface area contributed by atoms with Gasteiger partial charge in [0.15, 0.2) is 0 Å². The molecule has 0 aliphatic heterocycles. The van der Waals surface area contributed by atoms with Gasteiger partial charge in [0.25, 0.3) is 0 Å². The predicted molar refractivity (Wildman–Crippen MR) is 81.6 cm³/mol. The third-order valence-electron chi connectivity index (χ3n) is 2.43. The quantitative estimate of drug-likeness (QED) is 0.445. The molecule has 120 valence electrons. The molecule has 4 heteroatoms. The first-order chi connectivity index (χ1) is 9.62. The minimum atomic E-state index is -0.0593. The minimum Gasteiger partial charge on any atom is -0.466 e. The number of rotatable bonds is 10. The molecule has 0 spiro atoms. The van der Waals surface area contributed by atoms with Crippen LogP contribution in [0.5, 0.6) is 0 Å². The molecule has 0 radical (unpaired) electrons. The molecule has 0 heterocycles. The van der Waals surface area contributed by atoms with E-state index in [1.807, 2.05) is 13.8 Å². The molecule has 0 aromatic carbocycles. The first kappa shape index (κ1) is 21.2. The van der Waals surface area contributed by atoms with Crippen molar-refractivity contribution >= 4 is 11.9 Å². The van der Waals surface area contributed by atoms with Crippen molar-refractivity contribution < 1.29 is 19.1 Å². The minimum absolute atomic E-state index is 0.0593. The standard InChI is InChI=1S/2C8H16O2/c2*1-3-5-7-10-8(9)6-4-2/h2*3-7H2,1-2H3. The lowest BCUT2D eigenvalue weighted by atomic mass is 10.3. The fraction of sp³-hybridized carbons (Fsp3) is 0.875. The van der Waals surface area contributed by atoms with Crippen molar-refractivity contribution in [3.05, 3.63) is 0 Å². The van der Waals surface area contributed by atoms with Crippen molar-refractivity contribution in [2.24, 2.45) is 0 Å². The van der Waals surface area contributed by atoms with Gasteiger partial charge in [-0.25, -0.2) is 0 Å². The Bertz CT molecular complexity index is 203. The topological polar surface area (TPSA) is 52.6 Å². The van der Waals surface area contributed by atoms with Crippen molar-refractivity contribution in [1.29, 1.82) is 0 Å². The third-order valence-corrected chi connectivity index (χ3v) is 2.43. The average molecular weight is 288 g/mol. The summed E-state index contributed by atoms with van der Waals surface area (Å²) in [5, 5.41) is 0. The molecule has 0 fully saturated rings. The van der Waals surface area contributed by atoms with Gasteiger partial charge in [-0.15, -0.1) is 0 Å². The zero-order valence-electron chi connectivity index (χ0n) is 13.7. The number of carbonyl (C=O) groups excluding carboxylic acids is 2. The summed E-state index contributed by atoms with van der Waals surface area (Å²) in [6.07, 6.45) is 7.01. The van der Waals surface area contributed by atoms with E-state index in [4.69, 9.17) is 9.47 Å². The van der Waals surface area contributed by atoms with E-state index < -0.39 is 0 Å². The monoisotopic (exact) mass is 288 g/mol. The second-order valence-corrected chi connectivity index (χ2v) is 4.65. The van der Waals surface area contributed by atoms with E-state index in [0.29, 0.717) is 26.1 Å². The van der Waals surface area contributed by atoms with E-state index in [2.05, 4.69) is 13.8 Å². The van der Waals surface area contributed by atoms with E-state index >= 15 is 0 Å². The molecule has 20 heavy (non-hydrogen) atoms. The van der Waals surface area contributed by atoms with Crippen LogP contribution in [-0.2, 0) is 19.1 Å². The Morgan fingerprint density at radius 1 is 0.650 bits per heavy atom. The highest BCUT2D eigenvalue weighted by atomic mass is 16.5. The lowest BCUT2D eigenvalue weighted by Crippen LogP contribution is -2.04. The third kappa shape index (κ3) is 19.3. The van der Waals surface area contributed by atoms with Gasteiger partial charge in [-0.3, -0.25) is 9.59 Å². The Hall–Kier alpha value is -1.06. The molecule has 0 rings (SSSR count). The Labute approximate surface area is 124 Å². The number of hydrogen-bond donors (Lipinski definition) is 0. The van der Waals surface area contributed by atoms with Crippen LogP contribution in [0.2, 0.25) is 0 Å². The summed E-state index contributed by atoms with van der Waals surface area (Å²) in [7, 11) is 0. The number of ether oxygens (including phenoxy) is 2. The summed E-state index contributed by atoms with van der Waals surface area (Å²) < 4.78 is 9.77. The van der Waals surface area contributed by atoms with Gasteiger partial charge in [0, 0.05) is 12.8 Å². The summed E-state index contributed by atoms with van der Waals surface area (Å²) in [6, 6.07) is 0. The van der Waals surface area contributed by atoms with Crippen LogP contribution in [0.4, 0.5) is 0 Å². The van der Waals surface area contributed by atoms with Crippen LogP contribution < -0.4 is 0 Å². The Morgan fingerprint density at radius 3 is 1.25 bits per heavy atom. The van der Waals surface area contributed by atoms with Crippen molar-refractivity contribution in [2.45, 2.75) is 79.1 Å². The first-order valence-corrected chi connectivity index (χ1v) is 7.93. The molecule has 0 saturated carbocycles. The largest absolute Gasteiger partial charge is 0.466 e. The van der Waals surface area contributed by atoms with Gasteiger partial charge in [0.05, 0.1) is 13.2 Å². The van der Waals surface area contributed by atoms with Crippen LogP contribution >= 0.6 is 0 Å². The lowest BCUT2D eigenvalue weighted by Gasteiger charge is -2.00. The van der Waals surface area contributed by atoms with Crippen LogP contribution in [0.3, 0.4) is 0 Å². The van der Waals surface area contributed by atoms with E-state index in [-0.39, 0.29) is 11.9 Å². The maximum Gasteiger partial charge on any atom is 0.305 e. The summed E-state index contributed by atoms with van der Waals surface area (Å²) in [5.74, 6) is -0.119. The number of esters is 2. The van der Waals surface area contributed by atoms with Crippen LogP contribution in [0.15, 0.2) is 0 Å². The number of unbranched alkanes of at least 4 members (excludes halogenated alkanes) is 2. The van der Waals surface area contributed by atoms with E-state index in [9.17, 15) is 9.59 Å². The molecule has 4 nitrogen and oxygen atoms in total. The summed E-state index contributed by atoms with van der Waals surface area (Å²) in [4.78, 5) is 21.4. The fourth-order valence-electron chi connectivity index (χ4n) is 1.21. The molecule has 0 unspecified atom stereocenters. The molecular weight excluding hydrogens is 256 g/mol. The Kier molecular flexibility index (Phi) is 19.1. The second kappa shape index (κ2) is 17.9. The summed E-state index contributed by atoms with van der Waals surface area (Å²) >= 11 is 0. The molecule has 0 bridgehead atoms.